The van der Waals surface area contributed by atoms with Crippen LogP contribution in [0.4, 0.5) is 0 Å². The van der Waals surface area contributed by atoms with E-state index in [-0.39, 0.29) is 50.3 Å². The topological polar surface area (TPSA) is 234 Å². The number of nitrogens with one attached hydrogen (secondary N) is 2. The summed E-state index contributed by atoms with van der Waals surface area (Å²) in [6.45, 7) is 2.01. The molecule has 2 amide bonds. The van der Waals surface area contributed by atoms with Gasteiger partial charge in [0, 0.05) is 18.7 Å². The molecule has 0 aliphatic carbocycles. The lowest BCUT2D eigenvalue weighted by atomic mass is 10.0. The minimum atomic E-state index is -3.81. The van der Waals surface area contributed by atoms with Crippen molar-refractivity contribution in [2.24, 2.45) is 16.6 Å². The molecule has 0 aliphatic rings. The molecule has 0 bridgehead atoms. The quantitative estimate of drug-likeness (QED) is 0.0850. The maximum atomic E-state index is 12.1. The maximum absolute atomic E-state index is 12.1. The molecule has 198 valence electrons. The minimum absolute atomic E-state index is 0.0742. The van der Waals surface area contributed by atoms with Gasteiger partial charge < -0.3 is 37.3 Å². The molecule has 0 fully saturated rings. The van der Waals surface area contributed by atoms with E-state index in [1.807, 2.05) is 0 Å². The van der Waals surface area contributed by atoms with E-state index in [9.17, 15) is 22.8 Å². The fourth-order valence-corrected chi connectivity index (χ4v) is 3.38. The third kappa shape index (κ3) is 12.2. The molecule has 35 heavy (non-hydrogen) atoms. The van der Waals surface area contributed by atoms with E-state index in [1.54, 1.807) is 0 Å². The SMILES string of the molecule is NCCCCC(N)C(=O)[C@@H]([NH3+])C(=O)NCCOCCOCCNC(=O)c1ccc(S(N)(=O)=O)cc1. The second-order valence-electron chi connectivity index (χ2n) is 7.69. The van der Waals surface area contributed by atoms with E-state index in [1.165, 1.54) is 24.3 Å². The average Bonchev–Trinajstić information content (AvgIpc) is 2.83. The third-order valence-electron chi connectivity index (χ3n) is 4.89. The highest BCUT2D eigenvalue weighted by Gasteiger charge is 2.29. The molecule has 0 spiro atoms. The van der Waals surface area contributed by atoms with E-state index < -0.39 is 33.8 Å². The van der Waals surface area contributed by atoms with Gasteiger partial charge in [0.25, 0.3) is 11.8 Å². The summed E-state index contributed by atoms with van der Waals surface area (Å²) in [6.07, 6.45) is 1.96. The number of Topliss-reactive ketones (excluding diaryl/α,β-unsaturated/α-hetero) is 1. The predicted octanol–water partition coefficient (Wildman–Crippen LogP) is -3.15. The van der Waals surface area contributed by atoms with Crippen LogP contribution in [0, 0.1) is 0 Å². The smallest absolute Gasteiger partial charge is 0.286 e. The van der Waals surface area contributed by atoms with Gasteiger partial charge in [-0.25, -0.2) is 13.6 Å². The molecule has 0 heterocycles. The van der Waals surface area contributed by atoms with Crippen molar-refractivity contribution in [1.29, 1.82) is 0 Å². The van der Waals surface area contributed by atoms with Crippen molar-refractivity contribution in [3.8, 4) is 0 Å². The molecule has 1 aromatic carbocycles. The molecule has 2 atom stereocenters. The standard InChI is InChI=1S/C21H36N6O7S/c22-8-2-1-3-17(23)19(28)18(24)21(30)27-10-12-34-14-13-33-11-9-26-20(29)15-4-6-16(7-5-15)35(25,31)32/h4-7,17-18H,1-3,8-14,22-24H2,(H,26,29)(H,27,30)(H2,25,31,32)/p+1/t17?,18-/m1/s1. The number of ether oxygens (including phenoxy) is 2. The molecule has 0 aromatic heterocycles. The molecular weight excluding hydrogens is 480 g/mol. The largest absolute Gasteiger partial charge is 0.377 e. The number of hydrogen-bond acceptors (Lipinski definition) is 9. The summed E-state index contributed by atoms with van der Waals surface area (Å²) in [4.78, 5) is 36.1. The third-order valence-corrected chi connectivity index (χ3v) is 5.82. The summed E-state index contributed by atoms with van der Waals surface area (Å²) in [6, 6.07) is 3.45. The second kappa shape index (κ2) is 16.3. The second-order valence-corrected chi connectivity index (χ2v) is 9.25. The van der Waals surface area contributed by atoms with Gasteiger partial charge >= 0.3 is 0 Å². The minimum Gasteiger partial charge on any atom is -0.377 e. The Morgan fingerprint density at radius 1 is 0.943 bits per heavy atom. The van der Waals surface area contributed by atoms with Crippen LogP contribution >= 0.6 is 0 Å². The number of sulfonamides is 1. The first kappa shape index (κ1) is 30.6. The molecule has 0 saturated carbocycles. The zero-order valence-corrected chi connectivity index (χ0v) is 20.6. The molecule has 1 unspecified atom stereocenters. The summed E-state index contributed by atoms with van der Waals surface area (Å²) in [7, 11) is -3.81. The van der Waals surface area contributed by atoms with Gasteiger partial charge in [0.2, 0.25) is 21.8 Å². The summed E-state index contributed by atoms with van der Waals surface area (Å²) >= 11 is 0. The van der Waals surface area contributed by atoms with Crippen LogP contribution in [-0.2, 0) is 29.1 Å². The molecule has 0 aliphatic heterocycles. The van der Waals surface area contributed by atoms with Crippen LogP contribution < -0.4 is 33.0 Å². The number of primary sulfonamides is 1. The van der Waals surface area contributed by atoms with Gasteiger partial charge in [-0.05, 0) is 43.7 Å². The van der Waals surface area contributed by atoms with Gasteiger partial charge in [-0.15, -0.1) is 0 Å². The lowest BCUT2D eigenvalue weighted by molar-refractivity contribution is -0.389. The van der Waals surface area contributed by atoms with Crippen LogP contribution in [0.25, 0.3) is 0 Å². The number of hydrogen-bond donors (Lipinski definition) is 6. The summed E-state index contributed by atoms with van der Waals surface area (Å²) in [5.41, 5.74) is 15.1. The first-order valence-electron chi connectivity index (χ1n) is 11.2. The molecule has 0 radical (unpaired) electrons. The van der Waals surface area contributed by atoms with Gasteiger partial charge in [0.1, 0.15) is 0 Å². The zero-order valence-electron chi connectivity index (χ0n) is 19.7. The van der Waals surface area contributed by atoms with Crippen molar-refractivity contribution in [2.45, 2.75) is 36.2 Å². The summed E-state index contributed by atoms with van der Waals surface area (Å²) in [5.74, 6) is -1.28. The van der Waals surface area contributed by atoms with Crippen LogP contribution in [0.2, 0.25) is 0 Å². The van der Waals surface area contributed by atoms with Crippen molar-refractivity contribution < 1.29 is 38.0 Å². The molecule has 1 aromatic rings. The number of benzene rings is 1. The van der Waals surface area contributed by atoms with Gasteiger partial charge in [-0.3, -0.25) is 14.4 Å². The highest BCUT2D eigenvalue weighted by molar-refractivity contribution is 7.89. The lowest BCUT2D eigenvalue weighted by Gasteiger charge is -2.14. The highest BCUT2D eigenvalue weighted by Crippen LogP contribution is 2.08. The van der Waals surface area contributed by atoms with Crippen molar-refractivity contribution >= 4 is 27.6 Å². The predicted molar refractivity (Wildman–Crippen MR) is 127 cm³/mol. The first-order chi connectivity index (χ1) is 16.6. The van der Waals surface area contributed by atoms with Gasteiger partial charge in [0.15, 0.2) is 0 Å². The number of unbranched alkanes of at least 4 members (excludes halogenated alkanes) is 1. The van der Waals surface area contributed by atoms with Crippen LogP contribution in [-0.4, -0.2) is 84.2 Å². The van der Waals surface area contributed by atoms with Gasteiger partial charge in [-0.2, -0.15) is 0 Å². The molecular formula is C21H37N6O7S+. The van der Waals surface area contributed by atoms with E-state index in [2.05, 4.69) is 16.4 Å². The normalized spacial score (nSPS) is 13.1. The number of ketones is 1. The Morgan fingerprint density at radius 2 is 1.51 bits per heavy atom. The molecule has 0 saturated heterocycles. The summed E-state index contributed by atoms with van der Waals surface area (Å²) in [5, 5.41) is 10.2. The van der Waals surface area contributed by atoms with E-state index in [0.29, 0.717) is 18.5 Å². The Bertz CT molecular complexity index is 911. The number of nitrogens with two attached hydrogens (primary N) is 3. The van der Waals surface area contributed by atoms with Gasteiger partial charge in [0.05, 0.1) is 37.4 Å². The van der Waals surface area contributed by atoms with Crippen molar-refractivity contribution in [2.75, 3.05) is 46.1 Å². The van der Waals surface area contributed by atoms with Crippen LogP contribution in [0.15, 0.2) is 29.2 Å². The maximum Gasteiger partial charge on any atom is 0.286 e. The number of rotatable bonds is 18. The van der Waals surface area contributed by atoms with E-state index in [0.717, 1.165) is 12.8 Å². The highest BCUT2D eigenvalue weighted by atomic mass is 32.2. The van der Waals surface area contributed by atoms with E-state index >= 15 is 0 Å². The lowest BCUT2D eigenvalue weighted by Crippen LogP contribution is -2.73. The Kier molecular flexibility index (Phi) is 14.2. The summed E-state index contributed by atoms with van der Waals surface area (Å²) < 4.78 is 33.1. The molecule has 1 rings (SSSR count). The number of amides is 2. The fourth-order valence-electron chi connectivity index (χ4n) is 2.86. The van der Waals surface area contributed by atoms with Crippen LogP contribution in [0.3, 0.4) is 0 Å². The molecule has 14 heteroatoms. The Balaban J connectivity index is 2.09. The fraction of sp³-hybridized carbons (Fsp3) is 0.571. The molecule has 11 N–H and O–H groups in total. The Morgan fingerprint density at radius 3 is 2.06 bits per heavy atom. The van der Waals surface area contributed by atoms with Crippen molar-refractivity contribution in [1.82, 2.24) is 10.6 Å². The van der Waals surface area contributed by atoms with E-state index in [4.69, 9.17) is 26.1 Å². The van der Waals surface area contributed by atoms with Crippen molar-refractivity contribution in [3.63, 3.8) is 0 Å². The van der Waals surface area contributed by atoms with Crippen LogP contribution in [0.1, 0.15) is 29.6 Å². The number of carbonyl (C=O) groups excluding carboxylic acids is 3. The Hall–Kier alpha value is -2.46. The van der Waals surface area contributed by atoms with Gasteiger partial charge in [-0.1, -0.05) is 6.42 Å². The monoisotopic (exact) mass is 517 g/mol. The zero-order chi connectivity index (χ0) is 26.3. The first-order valence-corrected chi connectivity index (χ1v) is 12.8. The van der Waals surface area contributed by atoms with Crippen LogP contribution in [0.5, 0.6) is 0 Å². The van der Waals surface area contributed by atoms with Crippen molar-refractivity contribution in [3.05, 3.63) is 29.8 Å². The molecule has 13 nitrogen and oxygen atoms in total. The number of quaternary nitrogens is 1. The Labute approximate surface area is 205 Å². The average molecular weight is 518 g/mol. The number of carbonyl (C=O) groups is 3.